The van der Waals surface area contributed by atoms with Gasteiger partial charge in [-0.3, -0.25) is 4.68 Å². The molecule has 0 amide bonds. The first kappa shape index (κ1) is 12.2. The third-order valence-corrected chi connectivity index (χ3v) is 3.56. The molecule has 1 N–H and O–H groups in total. The van der Waals surface area contributed by atoms with Gasteiger partial charge in [-0.15, -0.1) is 0 Å². The zero-order valence-electron chi connectivity index (χ0n) is 9.70. The molecular weight excluding hydrogens is 214 g/mol. The maximum absolute atomic E-state index is 11.9. The standard InChI is InChI=1S/C9H17N3O2S/c1-7-8(6-12(5)10-7)15(13,14)11-9(2,3)4/h6,11H,1-5H3. The molecule has 0 bridgehead atoms. The van der Waals surface area contributed by atoms with Crippen LogP contribution >= 0.6 is 0 Å². The molecule has 1 aromatic heterocycles. The van der Waals surface area contributed by atoms with E-state index in [1.807, 2.05) is 0 Å². The molecule has 5 nitrogen and oxygen atoms in total. The molecule has 0 atom stereocenters. The summed E-state index contributed by atoms with van der Waals surface area (Å²) < 4.78 is 27.9. The number of aryl methyl sites for hydroxylation is 2. The van der Waals surface area contributed by atoms with Crippen LogP contribution in [0, 0.1) is 6.92 Å². The molecule has 0 aromatic carbocycles. The Morgan fingerprint density at radius 1 is 1.40 bits per heavy atom. The molecule has 0 saturated heterocycles. The topological polar surface area (TPSA) is 64.0 Å². The van der Waals surface area contributed by atoms with Gasteiger partial charge in [-0.1, -0.05) is 0 Å². The Hall–Kier alpha value is -0.880. The van der Waals surface area contributed by atoms with Crippen molar-refractivity contribution in [3.8, 4) is 0 Å². The minimum absolute atomic E-state index is 0.236. The Morgan fingerprint density at radius 3 is 2.27 bits per heavy atom. The van der Waals surface area contributed by atoms with Crippen molar-refractivity contribution in [2.45, 2.75) is 38.1 Å². The molecule has 0 unspecified atom stereocenters. The largest absolute Gasteiger partial charge is 0.274 e. The van der Waals surface area contributed by atoms with E-state index < -0.39 is 15.6 Å². The fourth-order valence-electron chi connectivity index (χ4n) is 1.30. The van der Waals surface area contributed by atoms with Crippen molar-refractivity contribution in [3.05, 3.63) is 11.9 Å². The Kier molecular flexibility index (Phi) is 2.93. The highest BCUT2D eigenvalue weighted by atomic mass is 32.2. The lowest BCUT2D eigenvalue weighted by atomic mass is 10.1. The van der Waals surface area contributed by atoms with E-state index in [1.165, 1.54) is 10.9 Å². The van der Waals surface area contributed by atoms with E-state index in [4.69, 9.17) is 0 Å². The van der Waals surface area contributed by atoms with E-state index in [0.717, 1.165) is 0 Å². The summed E-state index contributed by atoms with van der Waals surface area (Å²) in [6, 6.07) is 0. The lowest BCUT2D eigenvalue weighted by molar-refractivity contribution is 0.491. The Labute approximate surface area is 90.5 Å². The van der Waals surface area contributed by atoms with E-state index in [9.17, 15) is 8.42 Å². The number of hydrogen-bond donors (Lipinski definition) is 1. The molecule has 0 aliphatic heterocycles. The van der Waals surface area contributed by atoms with Crippen LogP contribution in [-0.4, -0.2) is 23.7 Å². The number of nitrogens with one attached hydrogen (secondary N) is 1. The van der Waals surface area contributed by atoms with Gasteiger partial charge < -0.3 is 0 Å². The molecule has 6 heteroatoms. The summed E-state index contributed by atoms with van der Waals surface area (Å²) in [6.45, 7) is 7.08. The van der Waals surface area contributed by atoms with Gasteiger partial charge in [-0.25, -0.2) is 13.1 Å². The van der Waals surface area contributed by atoms with Crippen LogP contribution in [0.15, 0.2) is 11.1 Å². The summed E-state index contributed by atoms with van der Waals surface area (Å²) in [5, 5.41) is 4.00. The molecule has 1 rings (SSSR count). The van der Waals surface area contributed by atoms with Crippen molar-refractivity contribution in [1.29, 1.82) is 0 Å². The predicted molar refractivity (Wildman–Crippen MR) is 58.0 cm³/mol. The van der Waals surface area contributed by atoms with Crippen LogP contribution in [0.1, 0.15) is 26.5 Å². The van der Waals surface area contributed by atoms with Crippen LogP contribution in [0.5, 0.6) is 0 Å². The first-order chi connectivity index (χ1) is 6.62. The van der Waals surface area contributed by atoms with E-state index in [0.29, 0.717) is 5.69 Å². The summed E-state index contributed by atoms with van der Waals surface area (Å²) in [4.78, 5) is 0.236. The molecule has 15 heavy (non-hydrogen) atoms. The summed E-state index contributed by atoms with van der Waals surface area (Å²) in [5.41, 5.74) is 0.0236. The SMILES string of the molecule is Cc1nn(C)cc1S(=O)(=O)NC(C)(C)C. The van der Waals surface area contributed by atoms with Gasteiger partial charge in [-0.05, 0) is 27.7 Å². The van der Waals surface area contributed by atoms with E-state index >= 15 is 0 Å². The van der Waals surface area contributed by atoms with Crippen molar-refractivity contribution in [2.24, 2.45) is 7.05 Å². The third-order valence-electron chi connectivity index (χ3n) is 1.70. The minimum Gasteiger partial charge on any atom is -0.274 e. The molecule has 0 radical (unpaired) electrons. The average molecular weight is 231 g/mol. The molecule has 0 spiro atoms. The Morgan fingerprint density at radius 2 is 1.93 bits per heavy atom. The van der Waals surface area contributed by atoms with Gasteiger partial charge in [0.2, 0.25) is 10.0 Å². The van der Waals surface area contributed by atoms with Crippen molar-refractivity contribution in [1.82, 2.24) is 14.5 Å². The smallest absolute Gasteiger partial charge is 0.244 e. The molecule has 0 fully saturated rings. The van der Waals surface area contributed by atoms with Gasteiger partial charge in [0.1, 0.15) is 4.90 Å². The highest BCUT2D eigenvalue weighted by molar-refractivity contribution is 7.89. The summed E-state index contributed by atoms with van der Waals surface area (Å²) in [6.07, 6.45) is 1.50. The Balaban J connectivity index is 3.13. The number of hydrogen-bond acceptors (Lipinski definition) is 3. The number of rotatable bonds is 2. The van der Waals surface area contributed by atoms with Crippen molar-refractivity contribution in [3.63, 3.8) is 0 Å². The van der Waals surface area contributed by atoms with Crippen LogP contribution in [-0.2, 0) is 17.1 Å². The van der Waals surface area contributed by atoms with Crippen molar-refractivity contribution in [2.75, 3.05) is 0 Å². The number of sulfonamides is 1. The maximum atomic E-state index is 11.9. The van der Waals surface area contributed by atoms with Gasteiger partial charge in [-0.2, -0.15) is 5.10 Å². The molecule has 0 aliphatic carbocycles. The molecule has 86 valence electrons. The molecular formula is C9H17N3O2S. The lowest BCUT2D eigenvalue weighted by Gasteiger charge is -2.19. The van der Waals surface area contributed by atoms with Crippen LogP contribution in [0.4, 0.5) is 0 Å². The van der Waals surface area contributed by atoms with Gasteiger partial charge >= 0.3 is 0 Å². The Bertz CT molecular complexity index is 454. The molecule has 0 aliphatic rings. The van der Waals surface area contributed by atoms with Crippen molar-refractivity contribution >= 4 is 10.0 Å². The fourth-order valence-corrected chi connectivity index (χ4v) is 2.94. The lowest BCUT2D eigenvalue weighted by Crippen LogP contribution is -2.40. The van der Waals surface area contributed by atoms with Crippen LogP contribution in [0.25, 0.3) is 0 Å². The second-order valence-corrected chi connectivity index (χ2v) is 6.26. The highest BCUT2D eigenvalue weighted by Gasteiger charge is 2.25. The second-order valence-electron chi connectivity index (χ2n) is 4.61. The van der Waals surface area contributed by atoms with Crippen LogP contribution < -0.4 is 4.72 Å². The zero-order chi connectivity index (χ0) is 11.9. The first-order valence-electron chi connectivity index (χ1n) is 4.66. The molecule has 1 aromatic rings. The van der Waals surface area contributed by atoms with Gasteiger partial charge in [0.05, 0.1) is 5.69 Å². The van der Waals surface area contributed by atoms with Crippen LogP contribution in [0.3, 0.4) is 0 Å². The number of aromatic nitrogens is 2. The summed E-state index contributed by atoms with van der Waals surface area (Å²) in [5.74, 6) is 0. The summed E-state index contributed by atoms with van der Waals surface area (Å²) >= 11 is 0. The molecule has 1 heterocycles. The minimum atomic E-state index is -3.46. The number of nitrogens with zero attached hydrogens (tertiary/aromatic N) is 2. The van der Waals surface area contributed by atoms with E-state index in [-0.39, 0.29) is 4.90 Å². The monoisotopic (exact) mass is 231 g/mol. The highest BCUT2D eigenvalue weighted by Crippen LogP contribution is 2.15. The summed E-state index contributed by atoms with van der Waals surface area (Å²) in [7, 11) is -1.76. The zero-order valence-corrected chi connectivity index (χ0v) is 10.5. The van der Waals surface area contributed by atoms with Gasteiger partial charge in [0, 0.05) is 18.8 Å². The quantitative estimate of drug-likeness (QED) is 0.819. The normalized spacial score (nSPS) is 13.1. The third kappa shape index (κ3) is 3.04. The van der Waals surface area contributed by atoms with E-state index in [2.05, 4.69) is 9.82 Å². The van der Waals surface area contributed by atoms with Gasteiger partial charge in [0.15, 0.2) is 0 Å². The second kappa shape index (κ2) is 3.61. The van der Waals surface area contributed by atoms with Crippen LogP contribution in [0.2, 0.25) is 0 Å². The average Bonchev–Trinajstić information content (AvgIpc) is 2.24. The maximum Gasteiger partial charge on any atom is 0.244 e. The van der Waals surface area contributed by atoms with E-state index in [1.54, 1.807) is 34.7 Å². The fraction of sp³-hybridized carbons (Fsp3) is 0.667. The first-order valence-corrected chi connectivity index (χ1v) is 6.14. The molecule has 0 saturated carbocycles. The van der Waals surface area contributed by atoms with Gasteiger partial charge in [0.25, 0.3) is 0 Å². The van der Waals surface area contributed by atoms with Crippen molar-refractivity contribution < 1.29 is 8.42 Å². The predicted octanol–water partition coefficient (Wildman–Crippen LogP) is 0.805.